The smallest absolute Gasteiger partial charge is 0.182 e. The van der Waals surface area contributed by atoms with Crippen molar-refractivity contribution >= 4 is 0 Å². The van der Waals surface area contributed by atoms with Crippen LogP contribution in [-0.4, -0.2) is 0 Å². The third-order valence-corrected chi connectivity index (χ3v) is 10.1. The number of hydrogen-bond donors (Lipinski definition) is 0. The van der Waals surface area contributed by atoms with Crippen LogP contribution in [-0.2, 0) is 5.41 Å². The number of benzene rings is 2. The molecule has 0 radical (unpaired) electrons. The van der Waals surface area contributed by atoms with Crippen molar-refractivity contribution in [2.24, 2.45) is 47.3 Å². The van der Waals surface area contributed by atoms with E-state index in [9.17, 15) is 0 Å². The summed E-state index contributed by atoms with van der Waals surface area (Å²) in [6, 6.07) is 17.7. The lowest BCUT2D eigenvalue weighted by Gasteiger charge is -2.57. The molecule has 35 heavy (non-hydrogen) atoms. The second-order valence-electron chi connectivity index (χ2n) is 12.9. The SMILES string of the molecule is CC1CCC(C(C)C)C(C2(C3CC(C)CCC3C(C)C)c3ccccc3OOc3ccccc32)C1. The lowest BCUT2D eigenvalue weighted by Crippen LogP contribution is -2.53. The molecule has 2 aromatic rings. The molecule has 0 N–H and O–H groups in total. The highest BCUT2D eigenvalue weighted by atomic mass is 17.2. The Morgan fingerprint density at radius 1 is 0.629 bits per heavy atom. The van der Waals surface area contributed by atoms with Gasteiger partial charge >= 0.3 is 0 Å². The Morgan fingerprint density at radius 2 is 1.03 bits per heavy atom. The van der Waals surface area contributed by atoms with Gasteiger partial charge in [-0.15, -0.1) is 0 Å². The van der Waals surface area contributed by atoms with E-state index >= 15 is 0 Å². The molecule has 2 aromatic carbocycles. The molecule has 0 aromatic heterocycles. The van der Waals surface area contributed by atoms with Gasteiger partial charge in [0.1, 0.15) is 0 Å². The monoisotopic (exact) mass is 474 g/mol. The van der Waals surface area contributed by atoms with Crippen LogP contribution in [0.3, 0.4) is 0 Å². The van der Waals surface area contributed by atoms with Gasteiger partial charge in [-0.25, -0.2) is 0 Å². The summed E-state index contributed by atoms with van der Waals surface area (Å²) in [5.74, 6) is 7.16. The summed E-state index contributed by atoms with van der Waals surface area (Å²) in [7, 11) is 0. The van der Waals surface area contributed by atoms with E-state index in [1.807, 2.05) is 0 Å². The third kappa shape index (κ3) is 4.19. The maximum Gasteiger partial charge on any atom is 0.182 e. The van der Waals surface area contributed by atoms with Crippen LogP contribution in [0.15, 0.2) is 48.5 Å². The van der Waals surface area contributed by atoms with E-state index in [1.54, 1.807) is 0 Å². The fourth-order valence-corrected chi connectivity index (χ4v) is 8.52. The van der Waals surface area contributed by atoms with Crippen LogP contribution in [0.2, 0.25) is 0 Å². The van der Waals surface area contributed by atoms with Crippen molar-refractivity contribution in [1.29, 1.82) is 0 Å². The zero-order valence-corrected chi connectivity index (χ0v) is 22.8. The Balaban J connectivity index is 1.87. The predicted molar refractivity (Wildman–Crippen MR) is 145 cm³/mol. The van der Waals surface area contributed by atoms with Gasteiger partial charge in [-0.2, -0.15) is 0 Å². The fraction of sp³-hybridized carbons (Fsp3) is 0.636. The molecule has 1 aliphatic heterocycles. The van der Waals surface area contributed by atoms with Gasteiger partial charge in [-0.1, -0.05) is 90.8 Å². The van der Waals surface area contributed by atoms with Crippen molar-refractivity contribution in [3.63, 3.8) is 0 Å². The van der Waals surface area contributed by atoms with Gasteiger partial charge in [0, 0.05) is 16.5 Å². The summed E-state index contributed by atoms with van der Waals surface area (Å²) < 4.78 is 0. The first-order chi connectivity index (χ1) is 16.8. The van der Waals surface area contributed by atoms with E-state index in [0.29, 0.717) is 35.5 Å². The van der Waals surface area contributed by atoms with Crippen molar-refractivity contribution in [3.8, 4) is 11.5 Å². The van der Waals surface area contributed by atoms with Gasteiger partial charge in [-0.05, 0) is 85.2 Å². The minimum atomic E-state index is -0.114. The third-order valence-electron chi connectivity index (χ3n) is 10.1. The highest BCUT2D eigenvalue weighted by Gasteiger charge is 2.58. The molecule has 1 heterocycles. The molecule has 190 valence electrons. The van der Waals surface area contributed by atoms with Crippen LogP contribution in [0.25, 0.3) is 0 Å². The van der Waals surface area contributed by atoms with Crippen LogP contribution in [0, 0.1) is 47.3 Å². The summed E-state index contributed by atoms with van der Waals surface area (Å²) in [5, 5.41) is 0. The van der Waals surface area contributed by atoms with E-state index in [4.69, 9.17) is 9.78 Å². The molecule has 2 aliphatic carbocycles. The number of para-hydroxylation sites is 2. The van der Waals surface area contributed by atoms with Gasteiger partial charge in [0.25, 0.3) is 0 Å². The highest BCUT2D eigenvalue weighted by molar-refractivity contribution is 5.55. The second-order valence-corrected chi connectivity index (χ2v) is 12.9. The Kier molecular flexibility index (Phi) is 6.94. The summed E-state index contributed by atoms with van der Waals surface area (Å²) in [6.45, 7) is 14.8. The molecule has 2 fully saturated rings. The maximum absolute atomic E-state index is 6.16. The largest absolute Gasteiger partial charge is 0.290 e. The first kappa shape index (κ1) is 24.7. The summed E-state index contributed by atoms with van der Waals surface area (Å²) in [5.41, 5.74) is 2.63. The average molecular weight is 475 g/mol. The summed E-state index contributed by atoms with van der Waals surface area (Å²) in [4.78, 5) is 12.3. The standard InChI is InChI=1S/C33H46O2/c1-21(2)25-17-15-23(5)19-29(25)33(30-20-24(6)16-18-26(30)22(3)4)27-11-7-9-13-31(27)34-35-32-14-10-8-12-28(32)33/h7-14,21-26,29-30H,15-20H2,1-6H3. The van der Waals surface area contributed by atoms with Gasteiger partial charge < -0.3 is 0 Å². The van der Waals surface area contributed by atoms with E-state index in [-0.39, 0.29) is 5.41 Å². The van der Waals surface area contributed by atoms with Crippen molar-refractivity contribution < 1.29 is 9.78 Å². The second kappa shape index (κ2) is 9.83. The molecule has 2 heteroatoms. The lowest BCUT2D eigenvalue weighted by molar-refractivity contribution is -0.0992. The maximum atomic E-state index is 6.16. The lowest BCUT2D eigenvalue weighted by atomic mass is 9.46. The van der Waals surface area contributed by atoms with Gasteiger partial charge in [-0.3, -0.25) is 9.78 Å². The minimum absolute atomic E-state index is 0.114. The van der Waals surface area contributed by atoms with Crippen molar-refractivity contribution in [1.82, 2.24) is 0 Å². The van der Waals surface area contributed by atoms with Crippen molar-refractivity contribution in [2.75, 3.05) is 0 Å². The first-order valence-electron chi connectivity index (χ1n) is 14.4. The van der Waals surface area contributed by atoms with Gasteiger partial charge in [0.05, 0.1) is 0 Å². The number of rotatable bonds is 4. The van der Waals surface area contributed by atoms with Crippen LogP contribution in [0.1, 0.15) is 91.2 Å². The molecule has 2 saturated carbocycles. The first-order valence-corrected chi connectivity index (χ1v) is 14.4. The fourth-order valence-electron chi connectivity index (χ4n) is 8.52. The normalized spacial score (nSPS) is 32.2. The van der Waals surface area contributed by atoms with Crippen molar-refractivity contribution in [3.05, 3.63) is 59.7 Å². The van der Waals surface area contributed by atoms with Gasteiger partial charge in [0.2, 0.25) is 0 Å². The van der Waals surface area contributed by atoms with E-state index in [1.165, 1.54) is 49.7 Å². The molecule has 5 rings (SSSR count). The van der Waals surface area contributed by atoms with Crippen LogP contribution in [0.5, 0.6) is 11.5 Å². The number of fused-ring (bicyclic) bond motifs is 2. The van der Waals surface area contributed by atoms with Crippen LogP contribution in [0.4, 0.5) is 0 Å². The molecule has 6 unspecified atom stereocenters. The van der Waals surface area contributed by atoms with E-state index in [2.05, 4.69) is 90.1 Å². The molecule has 0 spiro atoms. The topological polar surface area (TPSA) is 18.5 Å². The molecular weight excluding hydrogens is 428 g/mol. The summed E-state index contributed by atoms with van der Waals surface area (Å²) in [6.07, 6.45) is 7.90. The Morgan fingerprint density at radius 3 is 1.43 bits per heavy atom. The quantitative estimate of drug-likeness (QED) is 0.411. The molecule has 0 amide bonds. The zero-order chi connectivity index (χ0) is 24.7. The molecule has 2 nitrogen and oxygen atoms in total. The summed E-state index contributed by atoms with van der Waals surface area (Å²) >= 11 is 0. The number of hydrogen-bond acceptors (Lipinski definition) is 2. The van der Waals surface area contributed by atoms with E-state index in [0.717, 1.165) is 23.3 Å². The highest BCUT2D eigenvalue weighted by Crippen LogP contribution is 2.63. The van der Waals surface area contributed by atoms with Crippen LogP contribution < -0.4 is 9.78 Å². The Bertz CT molecular complexity index is 926. The van der Waals surface area contributed by atoms with Crippen molar-refractivity contribution in [2.45, 2.75) is 85.5 Å². The predicted octanol–water partition coefficient (Wildman–Crippen LogP) is 9.08. The zero-order valence-electron chi connectivity index (χ0n) is 22.8. The Labute approximate surface area is 213 Å². The molecular formula is C33H46O2. The average Bonchev–Trinajstić information content (AvgIpc) is 2.99. The molecule has 0 saturated heterocycles. The molecule has 6 atom stereocenters. The molecule has 0 bridgehead atoms. The van der Waals surface area contributed by atoms with E-state index < -0.39 is 0 Å². The Hall–Kier alpha value is -1.96. The minimum Gasteiger partial charge on any atom is -0.290 e. The van der Waals surface area contributed by atoms with Gasteiger partial charge in [0.15, 0.2) is 11.5 Å². The van der Waals surface area contributed by atoms with Crippen LogP contribution >= 0.6 is 0 Å². The molecule has 3 aliphatic rings.